The van der Waals surface area contributed by atoms with Gasteiger partial charge in [-0.05, 0) is 18.2 Å². The first-order valence-electron chi connectivity index (χ1n) is 5.49. The number of aromatic nitrogens is 4. The molecule has 3 aromatic rings. The molecule has 2 aromatic heterocycles. The van der Waals surface area contributed by atoms with Crippen molar-refractivity contribution < 1.29 is 9.13 Å². The van der Waals surface area contributed by atoms with Crippen molar-refractivity contribution in [1.82, 2.24) is 19.6 Å². The summed E-state index contributed by atoms with van der Waals surface area (Å²) in [5, 5.41) is 7.64. The summed E-state index contributed by atoms with van der Waals surface area (Å²) in [6.07, 6.45) is 1.47. The van der Waals surface area contributed by atoms with Gasteiger partial charge in [0.05, 0.1) is 12.8 Å². The quantitative estimate of drug-likeness (QED) is 0.755. The summed E-state index contributed by atoms with van der Waals surface area (Å²) in [6, 6.07) is 6.27. The van der Waals surface area contributed by atoms with Gasteiger partial charge in [0.2, 0.25) is 5.95 Å². The fraction of sp³-hybridized carbons (Fsp3) is 0.0833. The number of rotatable bonds is 2. The summed E-state index contributed by atoms with van der Waals surface area (Å²) in [6.45, 7) is 0. The molecule has 19 heavy (non-hydrogen) atoms. The number of hydrogen-bond donors (Lipinski definition) is 1. The number of nitrogens with two attached hydrogens (primary N) is 1. The van der Waals surface area contributed by atoms with E-state index in [2.05, 4.69) is 15.2 Å². The third-order valence-electron chi connectivity index (χ3n) is 2.77. The Labute approximate surface area is 107 Å². The van der Waals surface area contributed by atoms with E-state index in [4.69, 9.17) is 10.5 Å². The molecule has 96 valence electrons. The van der Waals surface area contributed by atoms with Gasteiger partial charge < -0.3 is 10.5 Å². The van der Waals surface area contributed by atoms with Crippen LogP contribution < -0.4 is 10.5 Å². The van der Waals surface area contributed by atoms with E-state index in [1.807, 2.05) is 0 Å². The highest BCUT2D eigenvalue weighted by atomic mass is 19.1. The maximum absolute atomic E-state index is 13.7. The Bertz CT molecular complexity index is 755. The minimum absolute atomic E-state index is 0.181. The van der Waals surface area contributed by atoms with Gasteiger partial charge in [-0.1, -0.05) is 0 Å². The number of benzene rings is 1. The monoisotopic (exact) mass is 259 g/mol. The lowest BCUT2D eigenvalue weighted by Gasteiger charge is -2.06. The summed E-state index contributed by atoms with van der Waals surface area (Å²) in [5.74, 6) is -0.0317. The molecular weight excluding hydrogens is 249 g/mol. The van der Waals surface area contributed by atoms with Gasteiger partial charge in [0.1, 0.15) is 6.33 Å². The second-order valence-electron chi connectivity index (χ2n) is 3.91. The third kappa shape index (κ3) is 1.85. The van der Waals surface area contributed by atoms with Crippen molar-refractivity contribution in [3.05, 3.63) is 36.4 Å². The molecular formula is C12H10FN5O. The molecule has 3 rings (SSSR count). The Balaban J connectivity index is 2.15. The van der Waals surface area contributed by atoms with Gasteiger partial charge in [-0.15, -0.1) is 10.2 Å². The van der Waals surface area contributed by atoms with Crippen LogP contribution in [0.15, 0.2) is 30.6 Å². The predicted molar refractivity (Wildman–Crippen MR) is 67.1 cm³/mol. The third-order valence-corrected chi connectivity index (χ3v) is 2.77. The molecule has 0 radical (unpaired) electrons. The fourth-order valence-electron chi connectivity index (χ4n) is 1.82. The molecule has 0 aliphatic heterocycles. The van der Waals surface area contributed by atoms with Crippen LogP contribution in [0.3, 0.4) is 0 Å². The standard InChI is InChI=1S/C12H10FN5O/c1-19-10-3-2-7(4-8(10)13)9-5-11-17-15-6-18(11)12(14)16-9/h2-6H,1H3,(H2,14,16). The fourth-order valence-corrected chi connectivity index (χ4v) is 1.82. The molecule has 0 saturated carbocycles. The number of halogens is 1. The van der Waals surface area contributed by atoms with Crippen LogP contribution in [0.2, 0.25) is 0 Å². The van der Waals surface area contributed by atoms with Crippen molar-refractivity contribution in [3.8, 4) is 17.0 Å². The van der Waals surface area contributed by atoms with E-state index >= 15 is 0 Å². The lowest BCUT2D eigenvalue weighted by Crippen LogP contribution is -2.01. The molecule has 0 aliphatic rings. The maximum atomic E-state index is 13.7. The molecule has 6 nitrogen and oxygen atoms in total. The Hall–Kier alpha value is -2.70. The van der Waals surface area contributed by atoms with E-state index in [1.54, 1.807) is 16.5 Å². The molecule has 1 aromatic carbocycles. The molecule has 0 fully saturated rings. The van der Waals surface area contributed by atoms with E-state index in [9.17, 15) is 4.39 Å². The van der Waals surface area contributed by atoms with Gasteiger partial charge in [0.25, 0.3) is 0 Å². The largest absolute Gasteiger partial charge is 0.494 e. The molecule has 0 atom stereocenters. The molecule has 0 amide bonds. The second kappa shape index (κ2) is 4.20. The number of methoxy groups -OCH3 is 1. The summed E-state index contributed by atoms with van der Waals surface area (Å²) in [4.78, 5) is 4.19. The van der Waals surface area contributed by atoms with Crippen molar-refractivity contribution in [2.24, 2.45) is 0 Å². The number of nitrogens with zero attached hydrogens (tertiary/aromatic N) is 4. The predicted octanol–water partition coefficient (Wildman–Crippen LogP) is 1.52. The van der Waals surface area contributed by atoms with E-state index in [0.717, 1.165) is 0 Å². The summed E-state index contributed by atoms with van der Waals surface area (Å²) in [5.41, 5.74) is 7.46. The minimum Gasteiger partial charge on any atom is -0.494 e. The molecule has 7 heteroatoms. The summed E-state index contributed by atoms with van der Waals surface area (Å²) in [7, 11) is 1.41. The Morgan fingerprint density at radius 2 is 2.16 bits per heavy atom. The Kier molecular flexibility index (Phi) is 2.52. The van der Waals surface area contributed by atoms with Crippen LogP contribution in [0, 0.1) is 5.82 Å². The van der Waals surface area contributed by atoms with Gasteiger partial charge in [-0.25, -0.2) is 9.37 Å². The van der Waals surface area contributed by atoms with Gasteiger partial charge in [-0.2, -0.15) is 0 Å². The normalized spacial score (nSPS) is 10.8. The summed E-state index contributed by atoms with van der Waals surface area (Å²) < 4.78 is 20.1. The van der Waals surface area contributed by atoms with Crippen LogP contribution in [0.4, 0.5) is 10.3 Å². The number of nitrogen functional groups attached to an aromatic ring is 1. The minimum atomic E-state index is -0.457. The summed E-state index contributed by atoms with van der Waals surface area (Å²) >= 11 is 0. The van der Waals surface area contributed by atoms with Crippen molar-refractivity contribution in [2.75, 3.05) is 12.8 Å². The number of anilines is 1. The molecule has 2 heterocycles. The van der Waals surface area contributed by atoms with Gasteiger partial charge in [-0.3, -0.25) is 4.40 Å². The van der Waals surface area contributed by atoms with Crippen molar-refractivity contribution >= 4 is 11.6 Å². The van der Waals surface area contributed by atoms with E-state index in [0.29, 0.717) is 16.9 Å². The number of fused-ring (bicyclic) bond motifs is 1. The zero-order chi connectivity index (χ0) is 13.4. The van der Waals surface area contributed by atoms with Crippen LogP contribution in [-0.4, -0.2) is 26.7 Å². The smallest absolute Gasteiger partial charge is 0.207 e. The van der Waals surface area contributed by atoms with Gasteiger partial charge in [0.15, 0.2) is 17.2 Å². The average Bonchev–Trinajstić information content (AvgIpc) is 2.87. The highest BCUT2D eigenvalue weighted by Gasteiger charge is 2.09. The van der Waals surface area contributed by atoms with Crippen molar-refractivity contribution in [3.63, 3.8) is 0 Å². The van der Waals surface area contributed by atoms with Gasteiger partial charge >= 0.3 is 0 Å². The van der Waals surface area contributed by atoms with Crippen LogP contribution in [0.25, 0.3) is 16.9 Å². The van der Waals surface area contributed by atoms with Crippen molar-refractivity contribution in [2.45, 2.75) is 0 Å². The van der Waals surface area contributed by atoms with Crippen molar-refractivity contribution in [1.29, 1.82) is 0 Å². The molecule has 0 saturated heterocycles. The zero-order valence-electron chi connectivity index (χ0n) is 10.0. The number of hydrogen-bond acceptors (Lipinski definition) is 5. The Morgan fingerprint density at radius 3 is 2.89 bits per heavy atom. The average molecular weight is 259 g/mol. The first-order valence-corrected chi connectivity index (χ1v) is 5.49. The molecule has 0 unspecified atom stereocenters. The molecule has 0 spiro atoms. The van der Waals surface area contributed by atoms with E-state index in [-0.39, 0.29) is 11.7 Å². The first-order chi connectivity index (χ1) is 9.19. The van der Waals surface area contributed by atoms with Crippen LogP contribution in [0.1, 0.15) is 0 Å². The topological polar surface area (TPSA) is 78.3 Å². The van der Waals surface area contributed by atoms with E-state index < -0.39 is 5.82 Å². The zero-order valence-corrected chi connectivity index (χ0v) is 10.0. The first kappa shape index (κ1) is 11.4. The lowest BCUT2D eigenvalue weighted by atomic mass is 10.1. The highest BCUT2D eigenvalue weighted by Crippen LogP contribution is 2.25. The second-order valence-corrected chi connectivity index (χ2v) is 3.91. The Morgan fingerprint density at radius 1 is 1.32 bits per heavy atom. The highest BCUT2D eigenvalue weighted by molar-refractivity contribution is 5.66. The van der Waals surface area contributed by atoms with Crippen LogP contribution in [-0.2, 0) is 0 Å². The maximum Gasteiger partial charge on any atom is 0.207 e. The number of ether oxygens (including phenoxy) is 1. The molecule has 2 N–H and O–H groups in total. The van der Waals surface area contributed by atoms with Crippen LogP contribution >= 0.6 is 0 Å². The van der Waals surface area contributed by atoms with E-state index in [1.165, 1.54) is 25.6 Å². The SMILES string of the molecule is COc1ccc(-c2cc3nncn3c(N)n2)cc1F. The molecule has 0 aliphatic carbocycles. The van der Waals surface area contributed by atoms with Gasteiger partial charge in [0, 0.05) is 11.6 Å². The van der Waals surface area contributed by atoms with Crippen LogP contribution in [0.5, 0.6) is 5.75 Å². The lowest BCUT2D eigenvalue weighted by molar-refractivity contribution is 0.386. The molecule has 0 bridgehead atoms.